The number of hydrogen-bond acceptors (Lipinski definition) is 4. The zero-order valence-corrected chi connectivity index (χ0v) is 13.1. The quantitative estimate of drug-likeness (QED) is 0.712. The van der Waals surface area contributed by atoms with Crippen LogP contribution in [0.5, 0.6) is 5.75 Å². The van der Waals surface area contributed by atoms with Gasteiger partial charge in [0.1, 0.15) is 5.75 Å². The van der Waals surface area contributed by atoms with Crippen molar-refractivity contribution in [1.29, 1.82) is 0 Å². The molecule has 5 heteroatoms. The van der Waals surface area contributed by atoms with Gasteiger partial charge in [0.2, 0.25) is 5.91 Å². The van der Waals surface area contributed by atoms with E-state index in [1.165, 1.54) is 6.20 Å². The van der Waals surface area contributed by atoms with E-state index in [4.69, 9.17) is 11.5 Å². The van der Waals surface area contributed by atoms with Gasteiger partial charge in [-0.05, 0) is 54.8 Å². The van der Waals surface area contributed by atoms with Crippen molar-refractivity contribution in [2.75, 3.05) is 0 Å². The first kappa shape index (κ1) is 16.3. The van der Waals surface area contributed by atoms with E-state index in [0.717, 1.165) is 16.7 Å². The molecule has 0 aliphatic carbocycles. The predicted molar refractivity (Wildman–Crippen MR) is 90.6 cm³/mol. The van der Waals surface area contributed by atoms with Crippen molar-refractivity contribution < 1.29 is 9.90 Å². The number of benzene rings is 1. The lowest BCUT2D eigenvalue weighted by Gasteiger charge is -2.07. The molecule has 5 N–H and O–H groups in total. The molecule has 1 aromatic heterocycles. The monoisotopic (exact) mass is 309 g/mol. The molecule has 0 saturated carbocycles. The maximum absolute atomic E-state index is 11.3. The highest BCUT2D eigenvalue weighted by Crippen LogP contribution is 2.23. The van der Waals surface area contributed by atoms with E-state index in [2.05, 4.69) is 4.98 Å². The standard InChI is InChI=1S/C18H19N3O2/c1-11-5-6-17(22)12(2)15(11)9-16-13(4-3-7-21-16)8-14(10-19)18(20)23/h3-10,22H,19H2,1-2H3,(H2,20,23)/b13-8-,14-10-,16-9-. The lowest BCUT2D eigenvalue weighted by atomic mass is 10.0. The number of nitrogens with two attached hydrogens (primary N) is 2. The molecule has 0 aliphatic rings. The summed E-state index contributed by atoms with van der Waals surface area (Å²) in [6.07, 6.45) is 6.29. The molecule has 1 heterocycles. The molecule has 0 atom stereocenters. The molecule has 2 aromatic rings. The number of carbonyl (C=O) groups is 1. The average molecular weight is 309 g/mol. The van der Waals surface area contributed by atoms with E-state index in [1.54, 1.807) is 24.4 Å². The van der Waals surface area contributed by atoms with Crippen LogP contribution in [0.25, 0.3) is 12.2 Å². The SMILES string of the molecule is Cc1ccc(O)c(C)c1\C=c1/nccc/c1=C/C(=C/N)C(N)=O. The maximum atomic E-state index is 11.3. The van der Waals surface area contributed by atoms with E-state index < -0.39 is 5.91 Å². The Morgan fingerprint density at radius 1 is 1.26 bits per heavy atom. The summed E-state index contributed by atoms with van der Waals surface area (Å²) < 4.78 is 0. The minimum atomic E-state index is -0.605. The molecule has 1 aromatic carbocycles. The summed E-state index contributed by atoms with van der Waals surface area (Å²) in [5.74, 6) is -0.380. The Bertz CT molecular complexity index is 899. The van der Waals surface area contributed by atoms with Gasteiger partial charge in [0, 0.05) is 17.6 Å². The van der Waals surface area contributed by atoms with Gasteiger partial charge in [0.15, 0.2) is 0 Å². The van der Waals surface area contributed by atoms with Crippen molar-refractivity contribution in [2.24, 2.45) is 11.5 Å². The minimum Gasteiger partial charge on any atom is -0.508 e. The van der Waals surface area contributed by atoms with Crippen LogP contribution in [-0.2, 0) is 4.79 Å². The van der Waals surface area contributed by atoms with Crippen LogP contribution in [0.15, 0.2) is 42.2 Å². The van der Waals surface area contributed by atoms with Gasteiger partial charge in [-0.1, -0.05) is 12.1 Å². The number of primary amides is 1. The highest BCUT2D eigenvalue weighted by atomic mass is 16.3. The van der Waals surface area contributed by atoms with Crippen LogP contribution < -0.4 is 22.0 Å². The van der Waals surface area contributed by atoms with Crippen molar-refractivity contribution >= 4 is 18.1 Å². The lowest BCUT2D eigenvalue weighted by molar-refractivity contribution is -0.114. The number of aromatic hydroxyl groups is 1. The Kier molecular flexibility index (Phi) is 4.81. The molecule has 2 rings (SSSR count). The zero-order valence-electron chi connectivity index (χ0n) is 13.1. The summed E-state index contributed by atoms with van der Waals surface area (Å²) in [4.78, 5) is 15.7. The first-order chi connectivity index (χ1) is 10.9. The minimum absolute atomic E-state index is 0.206. The molecular weight excluding hydrogens is 290 g/mol. The van der Waals surface area contributed by atoms with Gasteiger partial charge in [0.25, 0.3) is 0 Å². The fourth-order valence-corrected chi connectivity index (χ4v) is 2.25. The van der Waals surface area contributed by atoms with Gasteiger partial charge >= 0.3 is 0 Å². The van der Waals surface area contributed by atoms with Crippen LogP contribution in [-0.4, -0.2) is 16.0 Å². The summed E-state index contributed by atoms with van der Waals surface area (Å²) >= 11 is 0. The second-order valence-corrected chi connectivity index (χ2v) is 5.19. The van der Waals surface area contributed by atoms with E-state index in [9.17, 15) is 9.90 Å². The number of nitrogens with zero attached hydrogens (tertiary/aromatic N) is 1. The van der Waals surface area contributed by atoms with Crippen LogP contribution in [0, 0.1) is 13.8 Å². The van der Waals surface area contributed by atoms with Crippen LogP contribution in [0.2, 0.25) is 0 Å². The van der Waals surface area contributed by atoms with Gasteiger partial charge in [-0.3, -0.25) is 9.78 Å². The van der Waals surface area contributed by atoms with E-state index in [-0.39, 0.29) is 11.3 Å². The molecular formula is C18H19N3O2. The number of amides is 1. The molecule has 0 bridgehead atoms. The molecule has 0 unspecified atom stereocenters. The van der Waals surface area contributed by atoms with Crippen molar-refractivity contribution in [1.82, 2.24) is 4.98 Å². The highest BCUT2D eigenvalue weighted by molar-refractivity contribution is 6.00. The Morgan fingerprint density at radius 2 is 2.00 bits per heavy atom. The lowest BCUT2D eigenvalue weighted by Crippen LogP contribution is -2.29. The average Bonchev–Trinajstić information content (AvgIpc) is 2.53. The Balaban J connectivity index is 2.75. The van der Waals surface area contributed by atoms with Crippen molar-refractivity contribution in [3.8, 4) is 5.75 Å². The molecule has 0 radical (unpaired) electrons. The Morgan fingerprint density at radius 3 is 2.65 bits per heavy atom. The van der Waals surface area contributed by atoms with Crippen molar-refractivity contribution in [2.45, 2.75) is 13.8 Å². The zero-order chi connectivity index (χ0) is 17.0. The second-order valence-electron chi connectivity index (χ2n) is 5.19. The number of aromatic nitrogens is 1. The molecule has 0 saturated heterocycles. The molecule has 0 aliphatic heterocycles. The molecule has 0 spiro atoms. The Labute approximate surface area is 134 Å². The summed E-state index contributed by atoms with van der Waals surface area (Å²) in [6.45, 7) is 3.80. The molecule has 5 nitrogen and oxygen atoms in total. The van der Waals surface area contributed by atoms with Crippen LogP contribution in [0.3, 0.4) is 0 Å². The highest BCUT2D eigenvalue weighted by Gasteiger charge is 2.05. The van der Waals surface area contributed by atoms with E-state index in [1.807, 2.05) is 32.1 Å². The van der Waals surface area contributed by atoms with E-state index in [0.29, 0.717) is 10.6 Å². The number of carbonyl (C=O) groups excluding carboxylic acids is 1. The topological polar surface area (TPSA) is 102 Å². The second kappa shape index (κ2) is 6.79. The Hall–Kier alpha value is -3.08. The molecule has 118 valence electrons. The third-order valence-electron chi connectivity index (χ3n) is 3.63. The number of phenolic OH excluding ortho intramolecular Hbond substituents is 1. The molecule has 0 fully saturated rings. The third kappa shape index (κ3) is 3.58. The first-order valence-electron chi connectivity index (χ1n) is 7.09. The van der Waals surface area contributed by atoms with Crippen molar-refractivity contribution in [3.05, 3.63) is 69.5 Å². The predicted octanol–water partition coefficient (Wildman–Crippen LogP) is 0.341. The largest absolute Gasteiger partial charge is 0.508 e. The summed E-state index contributed by atoms with van der Waals surface area (Å²) in [7, 11) is 0. The molecule has 1 amide bonds. The number of aryl methyl sites for hydroxylation is 1. The normalized spacial score (nSPS) is 13.4. The number of rotatable bonds is 3. The first-order valence-corrected chi connectivity index (χ1v) is 7.09. The van der Waals surface area contributed by atoms with Gasteiger partial charge < -0.3 is 16.6 Å². The fourth-order valence-electron chi connectivity index (χ4n) is 2.25. The summed E-state index contributed by atoms with van der Waals surface area (Å²) in [5, 5.41) is 11.3. The smallest absolute Gasteiger partial charge is 0.250 e. The van der Waals surface area contributed by atoms with Gasteiger partial charge in [-0.2, -0.15) is 0 Å². The van der Waals surface area contributed by atoms with Gasteiger partial charge in [-0.15, -0.1) is 0 Å². The third-order valence-corrected chi connectivity index (χ3v) is 3.63. The summed E-state index contributed by atoms with van der Waals surface area (Å²) in [6, 6.07) is 7.09. The maximum Gasteiger partial charge on any atom is 0.250 e. The molecule has 23 heavy (non-hydrogen) atoms. The van der Waals surface area contributed by atoms with Gasteiger partial charge in [-0.25, -0.2) is 0 Å². The van der Waals surface area contributed by atoms with Crippen LogP contribution >= 0.6 is 0 Å². The summed E-state index contributed by atoms with van der Waals surface area (Å²) in [5.41, 5.74) is 13.6. The number of phenols is 1. The van der Waals surface area contributed by atoms with Crippen LogP contribution in [0.1, 0.15) is 16.7 Å². The van der Waals surface area contributed by atoms with E-state index >= 15 is 0 Å². The van der Waals surface area contributed by atoms with Crippen LogP contribution in [0.4, 0.5) is 0 Å². The van der Waals surface area contributed by atoms with Gasteiger partial charge in [0.05, 0.1) is 10.9 Å². The number of hydrogen-bond donors (Lipinski definition) is 3. The number of pyridine rings is 1. The fraction of sp³-hybridized carbons (Fsp3) is 0.111. The van der Waals surface area contributed by atoms with Crippen molar-refractivity contribution in [3.63, 3.8) is 0 Å².